The Morgan fingerprint density at radius 1 is 0.667 bits per heavy atom. The van der Waals surface area contributed by atoms with Gasteiger partial charge in [-0.2, -0.15) is 0 Å². The summed E-state index contributed by atoms with van der Waals surface area (Å²) in [6.07, 6.45) is 7.84. The largest absolute Gasteiger partial charge is 0.330 e. The number of nitrogens with zero attached hydrogens (tertiary/aromatic N) is 3. The lowest BCUT2D eigenvalue weighted by atomic mass is 10.1. The quantitative estimate of drug-likeness (QED) is 0.218. The molecule has 2 fully saturated rings. The molecule has 0 radical (unpaired) electrons. The van der Waals surface area contributed by atoms with Gasteiger partial charge in [0.1, 0.15) is 0 Å². The summed E-state index contributed by atoms with van der Waals surface area (Å²) in [5, 5.41) is 6.85. The maximum Gasteiger partial charge on any atom is 0.0110 e. The maximum atomic E-state index is 5.57. The Morgan fingerprint density at radius 3 is 1.97 bits per heavy atom. The van der Waals surface area contributed by atoms with Crippen LogP contribution in [0.15, 0.2) is 0 Å². The van der Waals surface area contributed by atoms with Crippen molar-refractivity contribution in [2.75, 3.05) is 105 Å². The number of likely N-dealkylation sites (tertiary alicyclic amines) is 1. The van der Waals surface area contributed by atoms with Gasteiger partial charge in [-0.05, 0) is 51.9 Å². The number of piperazine rings is 1. The van der Waals surface area contributed by atoms with Crippen molar-refractivity contribution in [2.24, 2.45) is 17.2 Å². The summed E-state index contributed by atoms with van der Waals surface area (Å²) < 4.78 is 0. The average molecular weight is 429 g/mol. The van der Waals surface area contributed by atoms with Crippen LogP contribution in [0.3, 0.4) is 0 Å². The Kier molecular flexibility index (Phi) is 19.0. The molecule has 2 heterocycles. The first-order valence-corrected chi connectivity index (χ1v) is 12.5. The lowest BCUT2D eigenvalue weighted by molar-refractivity contribution is 0.185. The molecule has 180 valence electrons. The summed E-state index contributed by atoms with van der Waals surface area (Å²) in [4.78, 5) is 7.45. The summed E-state index contributed by atoms with van der Waals surface area (Å²) in [5.74, 6) is 0. The highest BCUT2D eigenvalue weighted by atomic mass is 15.2. The van der Waals surface area contributed by atoms with Crippen molar-refractivity contribution in [2.45, 2.75) is 38.5 Å². The fourth-order valence-corrected chi connectivity index (χ4v) is 4.03. The van der Waals surface area contributed by atoms with Crippen LogP contribution >= 0.6 is 0 Å². The zero-order valence-electron chi connectivity index (χ0n) is 19.6. The lowest BCUT2D eigenvalue weighted by Crippen LogP contribution is -2.45. The van der Waals surface area contributed by atoms with Gasteiger partial charge in [0.2, 0.25) is 0 Å². The summed E-state index contributed by atoms with van der Waals surface area (Å²) in [7, 11) is 0. The minimum Gasteiger partial charge on any atom is -0.330 e. The first kappa shape index (κ1) is 27.7. The Labute approximate surface area is 186 Å². The van der Waals surface area contributed by atoms with Crippen molar-refractivity contribution >= 4 is 0 Å². The molecule has 0 amide bonds. The monoisotopic (exact) mass is 428 g/mol. The SMILES string of the molecule is NCCCCCNCCN1CCNCC1.NCCN(CCN)CCN1CCCCC1. The normalized spacial score (nSPS) is 18.4. The number of nitrogens with two attached hydrogens (primary N) is 3. The first-order chi connectivity index (χ1) is 14.8. The Morgan fingerprint density at radius 2 is 1.33 bits per heavy atom. The van der Waals surface area contributed by atoms with Gasteiger partial charge in [0.15, 0.2) is 0 Å². The summed E-state index contributed by atoms with van der Waals surface area (Å²) in [5.41, 5.74) is 16.6. The molecule has 8 nitrogen and oxygen atoms in total. The van der Waals surface area contributed by atoms with E-state index in [0.717, 1.165) is 65.4 Å². The highest BCUT2D eigenvalue weighted by Gasteiger charge is 2.11. The number of hydrogen-bond donors (Lipinski definition) is 5. The fraction of sp³-hybridized carbons (Fsp3) is 1.00. The Hall–Kier alpha value is -0.320. The smallest absolute Gasteiger partial charge is 0.0110 e. The van der Waals surface area contributed by atoms with Crippen molar-refractivity contribution in [3.63, 3.8) is 0 Å². The molecule has 8 N–H and O–H groups in total. The fourth-order valence-electron chi connectivity index (χ4n) is 4.03. The zero-order chi connectivity index (χ0) is 21.7. The van der Waals surface area contributed by atoms with E-state index in [4.69, 9.17) is 17.2 Å². The second kappa shape index (κ2) is 20.6. The van der Waals surface area contributed by atoms with E-state index in [1.807, 2.05) is 0 Å². The summed E-state index contributed by atoms with van der Waals surface area (Å²) in [6.45, 7) is 17.3. The van der Waals surface area contributed by atoms with E-state index < -0.39 is 0 Å². The molecule has 8 heteroatoms. The molecule has 0 atom stereocenters. The molecule has 0 bridgehead atoms. The van der Waals surface area contributed by atoms with E-state index in [0.29, 0.717) is 0 Å². The van der Waals surface area contributed by atoms with Gasteiger partial charge in [0.25, 0.3) is 0 Å². The Balaban J connectivity index is 0.000000300. The van der Waals surface area contributed by atoms with Gasteiger partial charge in [-0.1, -0.05) is 12.8 Å². The maximum absolute atomic E-state index is 5.57. The minimum atomic E-state index is 0.736. The van der Waals surface area contributed by atoms with Gasteiger partial charge in [-0.15, -0.1) is 0 Å². The van der Waals surface area contributed by atoms with Crippen molar-refractivity contribution in [1.29, 1.82) is 0 Å². The molecule has 0 aromatic heterocycles. The van der Waals surface area contributed by atoms with Crippen LogP contribution in [0.2, 0.25) is 0 Å². The average Bonchev–Trinajstić information content (AvgIpc) is 2.79. The van der Waals surface area contributed by atoms with E-state index in [-0.39, 0.29) is 0 Å². The molecule has 2 aliphatic rings. The molecule has 2 aliphatic heterocycles. The number of hydrogen-bond acceptors (Lipinski definition) is 8. The van der Waals surface area contributed by atoms with Gasteiger partial charge in [-0.3, -0.25) is 9.80 Å². The third kappa shape index (κ3) is 15.5. The van der Waals surface area contributed by atoms with Crippen LogP contribution < -0.4 is 27.8 Å². The van der Waals surface area contributed by atoms with Crippen molar-refractivity contribution in [3.05, 3.63) is 0 Å². The van der Waals surface area contributed by atoms with E-state index >= 15 is 0 Å². The Bertz CT molecular complexity index is 340. The number of unbranched alkanes of at least 4 members (excludes halogenated alkanes) is 2. The summed E-state index contributed by atoms with van der Waals surface area (Å²) in [6, 6.07) is 0. The molecule has 2 saturated heterocycles. The highest BCUT2D eigenvalue weighted by Crippen LogP contribution is 2.07. The van der Waals surface area contributed by atoms with Crippen LogP contribution in [0.4, 0.5) is 0 Å². The number of rotatable bonds is 15. The van der Waals surface area contributed by atoms with E-state index in [1.165, 1.54) is 77.8 Å². The zero-order valence-corrected chi connectivity index (χ0v) is 19.6. The predicted octanol–water partition coefficient (Wildman–Crippen LogP) is -0.698. The van der Waals surface area contributed by atoms with Crippen molar-refractivity contribution in [3.8, 4) is 0 Å². The predicted molar refractivity (Wildman–Crippen MR) is 130 cm³/mol. The first-order valence-electron chi connectivity index (χ1n) is 12.5. The van der Waals surface area contributed by atoms with E-state index in [9.17, 15) is 0 Å². The molecule has 0 unspecified atom stereocenters. The second-order valence-electron chi connectivity index (χ2n) is 8.51. The molecule has 0 aromatic carbocycles. The lowest BCUT2D eigenvalue weighted by Gasteiger charge is -2.29. The minimum absolute atomic E-state index is 0.736. The van der Waals surface area contributed by atoms with Gasteiger partial charge in [0.05, 0.1) is 0 Å². The number of nitrogens with one attached hydrogen (secondary N) is 2. The van der Waals surface area contributed by atoms with Crippen LogP contribution in [0.1, 0.15) is 38.5 Å². The van der Waals surface area contributed by atoms with Gasteiger partial charge in [-0.25, -0.2) is 0 Å². The molecule has 0 aromatic rings. The number of piperidine rings is 1. The van der Waals surface area contributed by atoms with E-state index in [2.05, 4.69) is 25.3 Å². The van der Waals surface area contributed by atoms with Gasteiger partial charge < -0.3 is 32.7 Å². The van der Waals surface area contributed by atoms with Gasteiger partial charge in [0, 0.05) is 78.5 Å². The molecule has 0 aliphatic carbocycles. The van der Waals surface area contributed by atoms with Crippen LogP contribution in [-0.2, 0) is 0 Å². The standard InChI is InChI=1S/2C11H26N4/c12-4-8-15(9-5-13)11-10-14-6-2-1-3-7-14;12-4-2-1-3-5-13-6-9-15-10-7-14-8-11-15/h1-13H2;13-14H,1-12H2. The van der Waals surface area contributed by atoms with Crippen molar-refractivity contribution in [1.82, 2.24) is 25.3 Å². The third-order valence-electron chi connectivity index (χ3n) is 5.94. The highest BCUT2D eigenvalue weighted by molar-refractivity contribution is 4.69. The summed E-state index contributed by atoms with van der Waals surface area (Å²) >= 11 is 0. The molecular formula is C22H52N8. The van der Waals surface area contributed by atoms with Crippen LogP contribution in [0.25, 0.3) is 0 Å². The van der Waals surface area contributed by atoms with Crippen LogP contribution in [0.5, 0.6) is 0 Å². The molecule has 30 heavy (non-hydrogen) atoms. The molecular weight excluding hydrogens is 376 g/mol. The molecule has 2 rings (SSSR count). The second-order valence-corrected chi connectivity index (χ2v) is 8.51. The molecule has 0 spiro atoms. The van der Waals surface area contributed by atoms with Crippen LogP contribution in [-0.4, -0.2) is 119 Å². The topological polar surface area (TPSA) is 112 Å². The van der Waals surface area contributed by atoms with E-state index in [1.54, 1.807) is 0 Å². The molecule has 0 saturated carbocycles. The van der Waals surface area contributed by atoms with Crippen LogP contribution in [0, 0.1) is 0 Å². The third-order valence-corrected chi connectivity index (χ3v) is 5.94. The van der Waals surface area contributed by atoms with Crippen molar-refractivity contribution < 1.29 is 0 Å². The van der Waals surface area contributed by atoms with Gasteiger partial charge >= 0.3 is 0 Å².